The molecule has 0 saturated heterocycles. The molecule has 0 atom stereocenters. The summed E-state index contributed by atoms with van der Waals surface area (Å²) in [5, 5.41) is 0. The highest BCUT2D eigenvalue weighted by Gasteiger charge is 2.28. The number of rotatable bonds is 5. The molecule has 0 saturated carbocycles. The highest BCUT2D eigenvalue weighted by atomic mass is 35.5. The lowest BCUT2D eigenvalue weighted by Gasteiger charge is -2.28. The summed E-state index contributed by atoms with van der Waals surface area (Å²) in [5.41, 5.74) is 3.62. The van der Waals surface area contributed by atoms with Crippen LogP contribution in [0.25, 0.3) is 0 Å². The van der Waals surface area contributed by atoms with Gasteiger partial charge in [-0.25, -0.2) is 0 Å². The number of benzene rings is 1. The van der Waals surface area contributed by atoms with E-state index < -0.39 is 0 Å². The van der Waals surface area contributed by atoms with Gasteiger partial charge in [0.25, 0.3) is 0 Å². The maximum Gasteiger partial charge on any atom is 0.171 e. The van der Waals surface area contributed by atoms with Crippen molar-refractivity contribution >= 4 is 17.5 Å². The van der Waals surface area contributed by atoms with Crippen LogP contribution in [-0.2, 0) is 0 Å². The Labute approximate surface area is 116 Å². The van der Waals surface area contributed by atoms with Crippen LogP contribution < -0.4 is 16.4 Å². The predicted octanol–water partition coefficient (Wildman–Crippen LogP) is 1.14. The van der Waals surface area contributed by atoms with E-state index in [1.165, 1.54) is 11.1 Å². The third kappa shape index (κ3) is 3.60. The quantitative estimate of drug-likeness (QED) is 0.557. The van der Waals surface area contributed by atoms with Gasteiger partial charge in [-0.3, -0.25) is 0 Å². The highest BCUT2D eigenvalue weighted by Crippen LogP contribution is 2.31. The number of aryl methyl sites for hydroxylation is 1. The minimum absolute atomic E-state index is 0. The van der Waals surface area contributed by atoms with Crippen molar-refractivity contribution in [2.24, 2.45) is 0 Å². The van der Waals surface area contributed by atoms with Crippen molar-refractivity contribution in [1.29, 1.82) is 0 Å². The predicted molar refractivity (Wildman–Crippen MR) is 73.7 cm³/mol. The molecule has 0 N–H and O–H groups in total. The third-order valence-electron chi connectivity index (χ3n) is 2.84. The maximum absolute atomic E-state index is 6.64. The van der Waals surface area contributed by atoms with E-state index >= 15 is 0 Å². The Kier molecular flexibility index (Phi) is 6.54. The van der Waals surface area contributed by atoms with Crippen LogP contribution in [0.1, 0.15) is 11.1 Å². The van der Waals surface area contributed by atoms with Crippen LogP contribution in [0.3, 0.4) is 0 Å². The molecule has 17 heavy (non-hydrogen) atoms. The van der Waals surface area contributed by atoms with Gasteiger partial charge in [0, 0.05) is 11.6 Å². The molecule has 1 aromatic carbocycles. The summed E-state index contributed by atoms with van der Waals surface area (Å²) in [4.78, 5) is 0. The largest absolute Gasteiger partial charge is 1.00 e. The molecule has 0 radical (unpaired) electrons. The molecule has 1 aromatic rings. The number of nitrogens with zero attached hydrogens (tertiary/aromatic N) is 1. The van der Waals surface area contributed by atoms with Crippen LogP contribution in [0.5, 0.6) is 0 Å². The molecule has 0 aromatic heterocycles. The molecular weight excluding hydrogens is 253 g/mol. The molecular formula is C14H19Cl2N. The lowest BCUT2D eigenvalue weighted by atomic mass is 10.1. The Morgan fingerprint density at radius 3 is 2.18 bits per heavy atom. The van der Waals surface area contributed by atoms with Crippen LogP contribution in [-0.4, -0.2) is 13.1 Å². The van der Waals surface area contributed by atoms with Crippen molar-refractivity contribution in [2.45, 2.75) is 13.8 Å². The van der Waals surface area contributed by atoms with E-state index in [4.69, 9.17) is 11.8 Å². The van der Waals surface area contributed by atoms with Crippen LogP contribution in [0.15, 0.2) is 43.5 Å². The zero-order valence-electron chi connectivity index (χ0n) is 10.4. The smallest absolute Gasteiger partial charge is 0.171 e. The molecule has 0 heterocycles. The van der Waals surface area contributed by atoms with E-state index in [-0.39, 0.29) is 12.4 Å². The third-order valence-corrected chi connectivity index (χ3v) is 3.30. The molecule has 0 aliphatic rings. The van der Waals surface area contributed by atoms with Crippen molar-refractivity contribution in [3.63, 3.8) is 0 Å². The van der Waals surface area contributed by atoms with E-state index in [9.17, 15) is 0 Å². The van der Waals surface area contributed by atoms with Crippen LogP contribution in [0.4, 0.5) is 5.69 Å². The summed E-state index contributed by atoms with van der Waals surface area (Å²) in [5.74, 6) is 0. The van der Waals surface area contributed by atoms with E-state index in [0.29, 0.717) is 17.1 Å². The van der Waals surface area contributed by atoms with Gasteiger partial charge in [-0.1, -0.05) is 25.3 Å². The summed E-state index contributed by atoms with van der Waals surface area (Å²) in [7, 11) is 0. The monoisotopic (exact) mass is 271 g/mol. The Balaban J connectivity index is 0.00000256. The van der Waals surface area contributed by atoms with Gasteiger partial charge in [0.15, 0.2) is 17.5 Å². The molecule has 0 spiro atoms. The van der Waals surface area contributed by atoms with Crippen LogP contribution in [0.2, 0.25) is 0 Å². The molecule has 0 unspecified atom stereocenters. The molecule has 0 amide bonds. The topological polar surface area (TPSA) is 0 Å². The maximum atomic E-state index is 6.64. The summed E-state index contributed by atoms with van der Waals surface area (Å²) in [6.07, 6.45) is 3.69. The average molecular weight is 272 g/mol. The number of halogens is 2. The van der Waals surface area contributed by atoms with Crippen molar-refractivity contribution < 1.29 is 12.4 Å². The van der Waals surface area contributed by atoms with Gasteiger partial charge >= 0.3 is 0 Å². The van der Waals surface area contributed by atoms with Crippen molar-refractivity contribution in [3.8, 4) is 0 Å². The molecule has 0 aliphatic carbocycles. The van der Waals surface area contributed by atoms with Gasteiger partial charge in [-0.05, 0) is 31.6 Å². The minimum atomic E-state index is 0. The lowest BCUT2D eigenvalue weighted by molar-refractivity contribution is -0.00000333. The van der Waals surface area contributed by atoms with Crippen LogP contribution in [0, 0.1) is 13.8 Å². The van der Waals surface area contributed by atoms with Gasteiger partial charge in [0.1, 0.15) is 13.1 Å². The zero-order valence-corrected chi connectivity index (χ0v) is 11.9. The van der Waals surface area contributed by atoms with Crippen molar-refractivity contribution in [3.05, 3.63) is 54.6 Å². The van der Waals surface area contributed by atoms with Crippen molar-refractivity contribution in [2.75, 3.05) is 13.1 Å². The molecule has 0 aliphatic heterocycles. The second kappa shape index (κ2) is 6.85. The first-order valence-electron chi connectivity index (χ1n) is 5.40. The first kappa shape index (κ1) is 16.2. The first-order chi connectivity index (χ1) is 7.55. The van der Waals surface area contributed by atoms with Gasteiger partial charge in [-0.15, -0.1) is 0 Å². The van der Waals surface area contributed by atoms with E-state index in [1.54, 1.807) is 0 Å². The molecule has 3 heteroatoms. The molecule has 94 valence electrons. The van der Waals surface area contributed by atoms with Crippen molar-refractivity contribution in [1.82, 2.24) is 4.00 Å². The normalized spacial score (nSPS) is 10.5. The van der Waals surface area contributed by atoms with Gasteiger partial charge in [0.05, 0.1) is 0 Å². The summed E-state index contributed by atoms with van der Waals surface area (Å²) < 4.78 is 0.320. The zero-order chi connectivity index (χ0) is 12.2. The van der Waals surface area contributed by atoms with Crippen LogP contribution >= 0.6 is 11.8 Å². The Hall–Kier alpha value is -0.760. The second-order valence-electron chi connectivity index (χ2n) is 4.02. The fourth-order valence-corrected chi connectivity index (χ4v) is 2.23. The van der Waals surface area contributed by atoms with E-state index in [0.717, 1.165) is 5.69 Å². The molecule has 1 nitrogen and oxygen atoms in total. The van der Waals surface area contributed by atoms with Gasteiger partial charge in [-0.2, -0.15) is 4.00 Å². The minimum Gasteiger partial charge on any atom is -1.00 e. The first-order valence-corrected chi connectivity index (χ1v) is 5.74. The number of hydrogen-bond donors (Lipinski definition) is 0. The Morgan fingerprint density at radius 1 is 1.18 bits per heavy atom. The second-order valence-corrected chi connectivity index (χ2v) is 4.67. The van der Waals surface area contributed by atoms with E-state index in [1.807, 2.05) is 18.2 Å². The fourth-order valence-electron chi connectivity index (χ4n) is 1.85. The van der Waals surface area contributed by atoms with Gasteiger partial charge in [0.2, 0.25) is 0 Å². The average Bonchev–Trinajstić information content (AvgIpc) is 2.22. The highest BCUT2D eigenvalue weighted by molar-refractivity contribution is 6.21. The molecule has 0 bridgehead atoms. The van der Waals surface area contributed by atoms with Gasteiger partial charge < -0.3 is 12.4 Å². The fraction of sp³-hybridized carbons (Fsp3) is 0.286. The number of hydrogen-bond acceptors (Lipinski definition) is 0. The summed E-state index contributed by atoms with van der Waals surface area (Å²) in [6.45, 7) is 13.1. The molecule has 0 fully saturated rings. The summed E-state index contributed by atoms with van der Waals surface area (Å²) >= 11 is 6.64. The van der Waals surface area contributed by atoms with E-state index in [2.05, 4.69) is 39.1 Å². The molecule has 1 rings (SSSR count). The standard InChI is InChI=1S/C14H19ClN.ClH/c1-5-10-16(15,11-6-2)14-9-7-8-12(3)13(14)4;/h5-9H,1-2,10-11H2,3-4H3;1H/q+1;/p-1. The Morgan fingerprint density at radius 2 is 1.71 bits per heavy atom. The Bertz CT molecular complexity index is 389. The lowest BCUT2D eigenvalue weighted by Crippen LogP contribution is -3.00. The number of quaternary nitrogens is 1. The SMILES string of the molecule is C=CC[N+](Cl)(CC=C)c1cccc(C)c1C.[Cl-]. The summed E-state index contributed by atoms with van der Waals surface area (Å²) in [6, 6.07) is 6.21.